The van der Waals surface area contributed by atoms with Gasteiger partial charge in [0.25, 0.3) is 0 Å². The van der Waals surface area contributed by atoms with Crippen molar-refractivity contribution < 1.29 is 38.1 Å². The van der Waals surface area contributed by atoms with E-state index in [2.05, 4.69) is 307 Å². The number of rotatable bonds is 26. The lowest BCUT2D eigenvalue weighted by Crippen LogP contribution is -2.51. The Morgan fingerprint density at radius 3 is 1.03 bits per heavy atom. The highest BCUT2D eigenvalue weighted by Gasteiger charge is 2.35. The molecule has 16 rings (SSSR count). The molecule has 9 aliphatic heterocycles. The average Bonchev–Trinajstić information content (AvgIpc) is 0.803. The van der Waals surface area contributed by atoms with Crippen molar-refractivity contribution in [2.75, 3.05) is 205 Å². The molecule has 0 atom stereocenters. The van der Waals surface area contributed by atoms with Crippen molar-refractivity contribution in [2.24, 2.45) is 17.8 Å². The molecule has 9 fully saturated rings. The minimum atomic E-state index is -0.0559. The molecule has 35 heteroatoms. The molecule has 0 unspecified atom stereocenters. The summed E-state index contributed by atoms with van der Waals surface area (Å²) < 4.78 is 26.3. The Hall–Kier alpha value is -10.3. The van der Waals surface area contributed by atoms with Gasteiger partial charge in [-0.1, -0.05) is 201 Å². The van der Waals surface area contributed by atoms with E-state index in [-0.39, 0.29) is 67.7 Å². The number of nitrogens with zero attached hydrogens (tertiary/aromatic N) is 18. The summed E-state index contributed by atoms with van der Waals surface area (Å²) in [5.74, 6) is 10.4. The van der Waals surface area contributed by atoms with Gasteiger partial charge in [-0.05, 0) is 105 Å². The molecular weight excluding hydrogens is 1860 g/mol. The minimum Gasteiger partial charge on any atom is -0.467 e. The number of carbonyl (C=O) groups is 3. The predicted octanol–water partition coefficient (Wildman–Crippen LogP) is 16.5. The molecule has 9 aliphatic rings. The number of piperazine rings is 2. The first-order chi connectivity index (χ1) is 69.5. The van der Waals surface area contributed by atoms with Crippen LogP contribution in [0.5, 0.6) is 12.0 Å². The first kappa shape index (κ1) is 120. The first-order valence-electron chi connectivity index (χ1n) is 54.7. The number of carbonyl (C=O) groups excluding carboxylic acids is 3. The fourth-order valence-corrected chi connectivity index (χ4v) is 16.8. The quantitative estimate of drug-likeness (QED) is 0.0243. The molecule has 0 aliphatic carbocycles. The van der Waals surface area contributed by atoms with Gasteiger partial charge in [0.15, 0.2) is 0 Å². The lowest BCUT2D eigenvalue weighted by Gasteiger charge is -2.36. The van der Waals surface area contributed by atoms with E-state index in [1.165, 1.54) is 11.1 Å². The van der Waals surface area contributed by atoms with Crippen molar-refractivity contribution in [3.05, 3.63) is 112 Å². The Morgan fingerprint density at radius 2 is 0.703 bits per heavy atom. The van der Waals surface area contributed by atoms with Crippen LogP contribution in [-0.4, -0.2) is 304 Å². The standard InChI is InChI=1S/C19H31N5O2.2C18H29N3O.C17H30N6.C15H25N3O.C14H24N4O.C12H19N3O2/c1-13(2)17(25)23-6-8-24(9-7-23)18-21-15(19(3,4)5)10-16(22-18)20-14-11-26-12-14;1-13(2)17(22)21-10-7-15(8-11-21)20-16-12-14(6-9-19-16)18(3,4)5;1-5-6-17(22)21-11-8-15(9-12-21)20-16-13-14(7-10-19-16)18(2,3)4;1-5-22-6-8-23(9-7-22)16-20-14(17(2,3)4)10-15(21-16)19-13-11-18-12-13;1-10(2)6-13-17-12(15(3,4)5)7-14(18-13)16-11-8-19-9-11;1-9(2)19-13-17-11(14(3,4)5)6-12(18-13)16-10-7-15-8-10;1-12(2,3)9-5-10(13-8-6-17-7-8)15-11(14-9)16-4/h10,13-14H,6-9,11-12H2,1-5H3,(H,20,21,22);6,9,12-13,15H,7-8,10-11H2,1-5H3,(H,19,20);7,10,13,15H,5-6,8-9,11-12H2,1-4H3,(H,19,20);10,13,18H,5-9,11-12H2,1-4H3,(H,19,20,21);7,10-11H,6,8-9H2,1-5H3,(H,16,17,18);6,9-10,15H,7-8H2,1-5H3,(H,16,17,18);5,8H,6-7H2,1-4H3,(H,13,14,15). The van der Waals surface area contributed by atoms with E-state index in [9.17, 15) is 14.4 Å². The summed E-state index contributed by atoms with van der Waals surface area (Å²) in [6, 6.07) is 22.4. The van der Waals surface area contributed by atoms with Gasteiger partial charge in [0.1, 0.15) is 46.5 Å². The Balaban J connectivity index is 0.000000177. The lowest BCUT2D eigenvalue weighted by molar-refractivity contribution is -0.135. The van der Waals surface area contributed by atoms with E-state index in [1.807, 2.05) is 86.8 Å². The van der Waals surface area contributed by atoms with Crippen LogP contribution >= 0.6 is 0 Å². The molecule has 0 saturated carbocycles. The normalized spacial score (nSPS) is 17.6. The number of hydrogen-bond donors (Lipinski definition) is 9. The van der Waals surface area contributed by atoms with Gasteiger partial charge in [0, 0.05) is 211 Å². The van der Waals surface area contributed by atoms with Crippen LogP contribution in [0, 0.1) is 17.8 Å². The molecule has 9 N–H and O–H groups in total. The monoisotopic (exact) mass is 2050 g/mol. The number of amides is 3. The highest BCUT2D eigenvalue weighted by molar-refractivity contribution is 5.79. The molecule has 16 heterocycles. The van der Waals surface area contributed by atoms with Gasteiger partial charge in [-0.2, -0.15) is 29.9 Å². The van der Waals surface area contributed by atoms with Gasteiger partial charge in [-0.25, -0.2) is 29.9 Å². The molecular formula is C113H187N27O8. The third-order valence-electron chi connectivity index (χ3n) is 26.8. The SMILES string of the molecule is CC(C)C(=O)N1CCC(Nc2cc(C(C)(C)C)ccn2)CC1.CC(C)C(=O)N1CCN(c2nc(NC3COC3)cc(C(C)(C)C)n2)CC1.CC(C)Cc1nc(NC2COC2)cc(C(C)(C)C)n1.CC(C)Oc1nc(NC2CNC2)cc(C(C)(C)C)n1.CCCC(=O)N1CCC(Nc2cc(C(C)(C)C)ccn2)CC1.CCN1CCN(c2nc(NC3CNC3)cc(C(C)(C)C)n2)CC1.COc1nc(NC2COC2)cc(C(C)(C)C)n1. The summed E-state index contributed by atoms with van der Waals surface area (Å²) in [6.45, 7) is 86.3. The Morgan fingerprint density at radius 1 is 0.372 bits per heavy atom. The third kappa shape index (κ3) is 38.5. The van der Waals surface area contributed by atoms with E-state index in [0.29, 0.717) is 72.6 Å². The van der Waals surface area contributed by atoms with Crippen LogP contribution in [0.4, 0.5) is 52.6 Å². The van der Waals surface area contributed by atoms with E-state index in [4.69, 9.17) is 48.6 Å². The van der Waals surface area contributed by atoms with Crippen LogP contribution in [0.2, 0.25) is 0 Å². The Bertz CT molecular complexity index is 5170. The van der Waals surface area contributed by atoms with Gasteiger partial charge in [0.05, 0.1) is 112 Å². The zero-order valence-electron chi connectivity index (χ0n) is 96.2. The second-order valence-corrected chi connectivity index (χ2v) is 49.3. The number of nitrogens with one attached hydrogen (secondary N) is 9. The molecule has 822 valence electrons. The Kier molecular flexibility index (Phi) is 43.7. The van der Waals surface area contributed by atoms with Gasteiger partial charge in [-0.3, -0.25) is 14.4 Å². The molecule has 0 radical (unpaired) electrons. The van der Waals surface area contributed by atoms with Crippen LogP contribution in [0.1, 0.15) is 299 Å². The van der Waals surface area contributed by atoms with Gasteiger partial charge < -0.3 is 101 Å². The van der Waals surface area contributed by atoms with Crippen molar-refractivity contribution in [1.82, 2.24) is 90.0 Å². The summed E-state index contributed by atoms with van der Waals surface area (Å²) in [6.07, 6.45) is 10.3. The van der Waals surface area contributed by atoms with Gasteiger partial charge in [0.2, 0.25) is 29.6 Å². The molecule has 35 nitrogen and oxygen atoms in total. The van der Waals surface area contributed by atoms with E-state index >= 15 is 0 Å². The van der Waals surface area contributed by atoms with Crippen LogP contribution in [0.25, 0.3) is 0 Å². The average molecular weight is 2050 g/mol. The van der Waals surface area contributed by atoms with Crippen molar-refractivity contribution >= 4 is 70.3 Å². The number of hydrogen-bond acceptors (Lipinski definition) is 32. The number of likely N-dealkylation sites (tertiary alicyclic amines) is 2. The maximum Gasteiger partial charge on any atom is 0.318 e. The van der Waals surface area contributed by atoms with E-state index < -0.39 is 0 Å². The molecule has 0 spiro atoms. The number of anilines is 9. The zero-order valence-corrected chi connectivity index (χ0v) is 96.2. The zero-order chi connectivity index (χ0) is 108. The number of pyridine rings is 2. The molecule has 3 amide bonds. The summed E-state index contributed by atoms with van der Waals surface area (Å²) in [7, 11) is 1.58. The first-order valence-corrected chi connectivity index (χ1v) is 54.7. The molecule has 9 saturated heterocycles. The fourth-order valence-electron chi connectivity index (χ4n) is 16.8. The highest BCUT2D eigenvalue weighted by atomic mass is 16.5. The molecule has 0 bridgehead atoms. The van der Waals surface area contributed by atoms with Gasteiger partial charge >= 0.3 is 12.0 Å². The molecule has 7 aromatic heterocycles. The van der Waals surface area contributed by atoms with Crippen LogP contribution in [-0.2, 0) is 72.9 Å². The van der Waals surface area contributed by atoms with Crippen LogP contribution in [0.15, 0.2) is 67.0 Å². The van der Waals surface area contributed by atoms with Crippen molar-refractivity contribution in [1.29, 1.82) is 0 Å². The Labute approximate surface area is 886 Å². The predicted molar refractivity (Wildman–Crippen MR) is 600 cm³/mol. The summed E-state index contributed by atoms with van der Waals surface area (Å²) in [4.78, 5) is 104. The highest BCUT2D eigenvalue weighted by Crippen LogP contribution is 2.35. The fraction of sp³-hybridized carbons (Fsp3) is 0.708. The van der Waals surface area contributed by atoms with Crippen LogP contribution in [0.3, 0.4) is 0 Å². The smallest absolute Gasteiger partial charge is 0.318 e. The number of aromatic nitrogens is 12. The second kappa shape index (κ2) is 54.1. The topological polar surface area (TPSA) is 380 Å². The maximum atomic E-state index is 12.2. The van der Waals surface area contributed by atoms with E-state index in [0.717, 1.165) is 276 Å². The second-order valence-electron chi connectivity index (χ2n) is 49.3. The van der Waals surface area contributed by atoms with Crippen molar-refractivity contribution in [3.63, 3.8) is 0 Å². The van der Waals surface area contributed by atoms with Gasteiger partial charge in [-0.15, -0.1) is 0 Å². The summed E-state index contributed by atoms with van der Waals surface area (Å²) >= 11 is 0. The summed E-state index contributed by atoms with van der Waals surface area (Å²) in [5.41, 5.74) is 7.99. The number of piperidine rings is 2. The lowest BCUT2D eigenvalue weighted by atomic mass is 9.88. The molecule has 7 aromatic rings. The number of methoxy groups -OCH3 is 1. The van der Waals surface area contributed by atoms with Crippen molar-refractivity contribution in [2.45, 2.75) is 346 Å². The summed E-state index contributed by atoms with van der Waals surface area (Å²) in [5, 5.41) is 30.7. The van der Waals surface area contributed by atoms with Crippen LogP contribution < -0.4 is 67.1 Å². The molecule has 148 heavy (non-hydrogen) atoms. The number of likely N-dealkylation sites (N-methyl/N-ethyl adjacent to an activating group) is 1. The largest absolute Gasteiger partial charge is 0.467 e. The number of ether oxygens (including phenoxy) is 5. The maximum absolute atomic E-state index is 12.2. The molecule has 0 aromatic carbocycles. The third-order valence-corrected chi connectivity index (χ3v) is 26.8. The van der Waals surface area contributed by atoms with E-state index in [1.54, 1.807) is 7.11 Å². The minimum absolute atomic E-state index is 0.0215. The van der Waals surface area contributed by atoms with Crippen molar-refractivity contribution in [3.8, 4) is 12.0 Å².